The number of carboxylic acids is 1. The highest BCUT2D eigenvalue weighted by molar-refractivity contribution is 8.00. The van der Waals surface area contributed by atoms with Gasteiger partial charge in [0.25, 0.3) is 0 Å². The van der Waals surface area contributed by atoms with E-state index in [1.54, 1.807) is 17.9 Å². The van der Waals surface area contributed by atoms with E-state index in [1.807, 2.05) is 29.2 Å². The van der Waals surface area contributed by atoms with E-state index >= 15 is 0 Å². The number of methoxy groups -OCH3 is 1. The molecular formula is C23H22ClF3N4O4S. The van der Waals surface area contributed by atoms with Crippen LogP contribution in [0.1, 0.15) is 28.9 Å². The van der Waals surface area contributed by atoms with E-state index in [2.05, 4.69) is 15.0 Å². The number of halogens is 4. The average Bonchev–Trinajstić information content (AvgIpc) is 3.21. The molecule has 0 unspecified atom stereocenters. The van der Waals surface area contributed by atoms with Gasteiger partial charge in [-0.1, -0.05) is 28.9 Å². The lowest BCUT2D eigenvalue weighted by Crippen LogP contribution is -2.35. The number of hydrogen-bond acceptors (Lipinski definition) is 7. The maximum absolute atomic E-state index is 12.6. The van der Waals surface area contributed by atoms with Gasteiger partial charge in [-0.2, -0.15) is 0 Å². The second kappa shape index (κ2) is 10.9. The molecule has 2 aromatic carbocycles. The molecule has 0 atom stereocenters. The first-order valence-corrected chi connectivity index (χ1v) is 12.1. The minimum Gasteiger partial charge on any atom is -0.497 e. The Balaban J connectivity index is 1.44. The molecule has 0 radical (unpaired) electrons. The summed E-state index contributed by atoms with van der Waals surface area (Å²) in [5, 5.41) is 18.2. The number of carbonyl (C=O) groups is 1. The van der Waals surface area contributed by atoms with E-state index in [1.165, 1.54) is 17.8 Å². The maximum Gasteiger partial charge on any atom is 0.573 e. The summed E-state index contributed by atoms with van der Waals surface area (Å²) in [5.74, 6) is -0.824. The van der Waals surface area contributed by atoms with Gasteiger partial charge in [0.15, 0.2) is 0 Å². The first-order valence-electron chi connectivity index (χ1n) is 10.9. The average molecular weight is 543 g/mol. The molecule has 4 rings (SSSR count). The Morgan fingerprint density at radius 1 is 1.17 bits per heavy atom. The fourth-order valence-electron chi connectivity index (χ4n) is 3.88. The van der Waals surface area contributed by atoms with E-state index in [0.717, 1.165) is 11.6 Å². The molecule has 1 saturated heterocycles. The van der Waals surface area contributed by atoms with Gasteiger partial charge in [-0.3, -0.25) is 0 Å². The molecular weight excluding hydrogens is 521 g/mol. The molecule has 192 valence electrons. The molecule has 0 bridgehead atoms. The molecule has 0 spiro atoms. The van der Waals surface area contributed by atoms with Crippen molar-refractivity contribution in [2.75, 3.05) is 25.1 Å². The third-order valence-corrected chi connectivity index (χ3v) is 7.21. The molecule has 1 aliphatic rings. The largest absolute Gasteiger partial charge is 0.573 e. The molecule has 0 saturated carbocycles. The van der Waals surface area contributed by atoms with Crippen molar-refractivity contribution >= 4 is 35.0 Å². The Bertz CT molecular complexity index is 1220. The Hall–Kier alpha value is -3.12. The molecule has 1 aromatic heterocycles. The van der Waals surface area contributed by atoms with Crippen LogP contribution in [-0.4, -0.2) is 57.9 Å². The zero-order valence-corrected chi connectivity index (χ0v) is 20.6. The summed E-state index contributed by atoms with van der Waals surface area (Å²) in [6, 6.07) is 11.4. The molecule has 1 N–H and O–H groups in total. The topological polar surface area (TPSA) is 89.7 Å². The summed E-state index contributed by atoms with van der Waals surface area (Å²) in [5.41, 5.74) is 1.33. The van der Waals surface area contributed by atoms with Gasteiger partial charge < -0.3 is 19.5 Å². The molecule has 13 heteroatoms. The van der Waals surface area contributed by atoms with Crippen LogP contribution in [0, 0.1) is 0 Å². The van der Waals surface area contributed by atoms with Gasteiger partial charge in [-0.25, -0.2) is 9.48 Å². The van der Waals surface area contributed by atoms with Gasteiger partial charge in [-0.15, -0.1) is 30.0 Å². The van der Waals surface area contributed by atoms with E-state index < -0.39 is 12.3 Å². The van der Waals surface area contributed by atoms with Crippen LogP contribution >= 0.6 is 23.4 Å². The zero-order valence-electron chi connectivity index (χ0n) is 19.0. The number of aromatic carboxylic acids is 1. The third kappa shape index (κ3) is 6.55. The van der Waals surface area contributed by atoms with Crippen LogP contribution < -0.4 is 14.4 Å². The minimum absolute atomic E-state index is 0.0672. The maximum atomic E-state index is 12.6. The third-order valence-electron chi connectivity index (χ3n) is 5.56. The quantitative estimate of drug-likeness (QED) is 0.408. The van der Waals surface area contributed by atoms with Crippen molar-refractivity contribution in [1.82, 2.24) is 15.0 Å². The van der Waals surface area contributed by atoms with Crippen LogP contribution in [0.25, 0.3) is 0 Å². The fourth-order valence-corrected chi connectivity index (χ4v) is 5.32. The number of rotatable bonds is 8. The first kappa shape index (κ1) is 26.0. The normalized spacial score (nSPS) is 14.6. The molecule has 8 nitrogen and oxygen atoms in total. The number of thioether (sulfide) groups is 1. The van der Waals surface area contributed by atoms with Crippen LogP contribution in [0.2, 0.25) is 5.02 Å². The summed E-state index contributed by atoms with van der Waals surface area (Å²) >= 11 is 7.41. The monoisotopic (exact) mass is 542 g/mol. The van der Waals surface area contributed by atoms with Gasteiger partial charge in [0.2, 0.25) is 5.69 Å². The van der Waals surface area contributed by atoms with Gasteiger partial charge >= 0.3 is 12.3 Å². The standard InChI is InChI=1S/C23H22ClF3N4O4S/c1-34-17-4-2-14(3-5-17)13-31-21(20(22(32)33)28-29-31)36-19-6-8-30(9-7-19)16-10-15(24)11-18(12-16)35-23(25,26)27/h2-5,10-12,19H,6-9,13H2,1H3,(H,32,33). The number of piperidine rings is 1. The van der Waals surface area contributed by atoms with Crippen LogP contribution in [-0.2, 0) is 6.54 Å². The molecule has 2 heterocycles. The highest BCUT2D eigenvalue weighted by Gasteiger charge is 2.32. The highest BCUT2D eigenvalue weighted by atomic mass is 35.5. The van der Waals surface area contributed by atoms with Crippen molar-refractivity contribution < 1.29 is 32.5 Å². The van der Waals surface area contributed by atoms with Crippen LogP contribution in [0.3, 0.4) is 0 Å². The molecule has 0 amide bonds. The van der Waals surface area contributed by atoms with E-state index in [0.29, 0.717) is 48.9 Å². The van der Waals surface area contributed by atoms with Crippen molar-refractivity contribution in [2.45, 2.75) is 36.0 Å². The molecule has 0 aliphatic carbocycles. The van der Waals surface area contributed by atoms with Crippen molar-refractivity contribution in [1.29, 1.82) is 0 Å². The number of hydrogen-bond donors (Lipinski definition) is 1. The van der Waals surface area contributed by atoms with E-state index in [-0.39, 0.29) is 21.7 Å². The van der Waals surface area contributed by atoms with Crippen molar-refractivity contribution in [2.24, 2.45) is 0 Å². The van der Waals surface area contributed by atoms with Crippen LogP contribution in [0.15, 0.2) is 47.5 Å². The van der Waals surface area contributed by atoms with Crippen molar-refractivity contribution in [3.05, 3.63) is 58.7 Å². The number of alkyl halides is 3. The van der Waals surface area contributed by atoms with Crippen LogP contribution in [0.4, 0.5) is 18.9 Å². The number of ether oxygens (including phenoxy) is 2. The van der Waals surface area contributed by atoms with Crippen LogP contribution in [0.5, 0.6) is 11.5 Å². The lowest BCUT2D eigenvalue weighted by atomic mass is 10.1. The van der Waals surface area contributed by atoms with Gasteiger partial charge in [-0.05, 0) is 42.7 Å². The van der Waals surface area contributed by atoms with Gasteiger partial charge in [0.1, 0.15) is 16.5 Å². The van der Waals surface area contributed by atoms with E-state index in [9.17, 15) is 23.1 Å². The number of carboxylic acid groups (broad SMARTS) is 1. The van der Waals surface area contributed by atoms with Crippen molar-refractivity contribution in [3.63, 3.8) is 0 Å². The summed E-state index contributed by atoms with van der Waals surface area (Å²) in [4.78, 5) is 13.7. The first-order chi connectivity index (χ1) is 17.1. The summed E-state index contributed by atoms with van der Waals surface area (Å²) < 4.78 is 48.7. The second-order valence-electron chi connectivity index (χ2n) is 8.05. The molecule has 36 heavy (non-hydrogen) atoms. The minimum atomic E-state index is -4.81. The lowest BCUT2D eigenvalue weighted by Gasteiger charge is -2.33. The zero-order chi connectivity index (χ0) is 25.9. The lowest BCUT2D eigenvalue weighted by molar-refractivity contribution is -0.274. The summed E-state index contributed by atoms with van der Waals surface area (Å²) in [6.07, 6.45) is -3.48. The number of anilines is 1. The Morgan fingerprint density at radius 2 is 1.86 bits per heavy atom. The molecule has 1 aliphatic heterocycles. The summed E-state index contributed by atoms with van der Waals surface area (Å²) in [7, 11) is 1.58. The highest BCUT2D eigenvalue weighted by Crippen LogP contribution is 2.36. The Kier molecular flexibility index (Phi) is 7.84. The smallest absolute Gasteiger partial charge is 0.497 e. The second-order valence-corrected chi connectivity index (χ2v) is 9.78. The number of nitrogens with zero attached hydrogens (tertiary/aromatic N) is 4. The van der Waals surface area contributed by atoms with E-state index in [4.69, 9.17) is 16.3 Å². The van der Waals surface area contributed by atoms with Gasteiger partial charge in [0.05, 0.1) is 13.7 Å². The SMILES string of the molecule is COc1ccc(Cn2nnc(C(=O)O)c2SC2CCN(c3cc(Cl)cc(OC(F)(F)F)c3)CC2)cc1. The summed E-state index contributed by atoms with van der Waals surface area (Å²) in [6.45, 7) is 1.44. The Labute approximate surface area is 213 Å². The number of aromatic nitrogens is 3. The molecule has 1 fully saturated rings. The van der Waals surface area contributed by atoms with Gasteiger partial charge in [0, 0.05) is 35.1 Å². The predicted molar refractivity (Wildman–Crippen MR) is 128 cm³/mol. The fraction of sp³-hybridized carbons (Fsp3) is 0.348. The molecule has 3 aromatic rings. The van der Waals surface area contributed by atoms with Crippen molar-refractivity contribution in [3.8, 4) is 11.5 Å². The Morgan fingerprint density at radius 3 is 2.47 bits per heavy atom. The number of benzene rings is 2. The predicted octanol–water partition coefficient (Wildman–Crippen LogP) is 5.35.